The van der Waals surface area contributed by atoms with E-state index < -0.39 is 0 Å². The molecule has 0 atom stereocenters. The number of nitrogens with one attached hydrogen (secondary N) is 1. The Morgan fingerprint density at radius 2 is 2.20 bits per heavy atom. The molecule has 0 fully saturated rings. The van der Waals surface area contributed by atoms with E-state index >= 15 is 0 Å². The van der Waals surface area contributed by atoms with Crippen LogP contribution in [0.5, 0.6) is 0 Å². The van der Waals surface area contributed by atoms with Crippen LogP contribution in [-0.2, 0) is 6.42 Å². The molecule has 0 radical (unpaired) electrons. The molecule has 1 aromatic heterocycles. The van der Waals surface area contributed by atoms with Gasteiger partial charge >= 0.3 is 0 Å². The largest absolute Gasteiger partial charge is 0.441 e. The zero-order valence-corrected chi connectivity index (χ0v) is 11.1. The Morgan fingerprint density at radius 1 is 1.40 bits per heavy atom. The first-order valence-corrected chi connectivity index (χ1v) is 6.30. The van der Waals surface area contributed by atoms with Crippen molar-refractivity contribution in [1.29, 1.82) is 10.5 Å². The maximum absolute atomic E-state index is 8.59. The number of benzene rings is 1. The van der Waals surface area contributed by atoms with E-state index in [4.69, 9.17) is 14.9 Å². The number of hydrogen-bond acceptors (Lipinski definition) is 6. The number of rotatable bonds is 5. The van der Waals surface area contributed by atoms with Gasteiger partial charge in [0.25, 0.3) is 0 Å². The lowest BCUT2D eigenvalue weighted by atomic mass is 10.2. The van der Waals surface area contributed by atoms with Crippen molar-refractivity contribution in [2.45, 2.75) is 26.2 Å². The number of oxazole rings is 1. The number of aromatic nitrogens is 1. The van der Waals surface area contributed by atoms with Gasteiger partial charge in [-0.15, -0.1) is 0 Å². The van der Waals surface area contributed by atoms with Crippen LogP contribution in [0.15, 0.2) is 27.7 Å². The van der Waals surface area contributed by atoms with Gasteiger partial charge in [0, 0.05) is 6.42 Å². The van der Waals surface area contributed by atoms with Crippen molar-refractivity contribution < 1.29 is 4.42 Å². The van der Waals surface area contributed by atoms with Crippen molar-refractivity contribution >= 4 is 22.5 Å². The average molecular weight is 267 g/mol. The quantitative estimate of drug-likeness (QED) is 0.663. The number of fused-ring (bicyclic) bond motifs is 1. The summed E-state index contributed by atoms with van der Waals surface area (Å²) >= 11 is 0. The van der Waals surface area contributed by atoms with Crippen molar-refractivity contribution in [3.05, 3.63) is 24.1 Å². The molecule has 100 valence electrons. The van der Waals surface area contributed by atoms with E-state index in [0.717, 1.165) is 30.7 Å². The van der Waals surface area contributed by atoms with Crippen molar-refractivity contribution in [2.24, 2.45) is 5.10 Å². The monoisotopic (exact) mass is 267 g/mol. The smallest absolute Gasteiger partial charge is 0.237 e. The summed E-state index contributed by atoms with van der Waals surface area (Å²) in [5.74, 6) is 0.720. The topological polar surface area (TPSA) is 98.0 Å². The van der Waals surface area contributed by atoms with Gasteiger partial charge in [-0.1, -0.05) is 13.3 Å². The Labute approximate surface area is 116 Å². The normalized spacial score (nSPS) is 9.75. The third-order valence-electron chi connectivity index (χ3n) is 2.68. The van der Waals surface area contributed by atoms with Gasteiger partial charge in [-0.25, -0.2) is 4.98 Å². The summed E-state index contributed by atoms with van der Waals surface area (Å²) in [6, 6.07) is 8.67. The fourth-order valence-corrected chi connectivity index (χ4v) is 1.68. The zero-order chi connectivity index (χ0) is 14.4. The highest BCUT2D eigenvalue weighted by atomic mass is 16.3. The molecule has 0 spiro atoms. The van der Waals surface area contributed by atoms with Gasteiger partial charge in [-0.05, 0) is 24.6 Å². The van der Waals surface area contributed by atoms with Crippen LogP contribution in [0.4, 0.5) is 5.69 Å². The van der Waals surface area contributed by atoms with E-state index in [2.05, 4.69) is 22.4 Å². The van der Waals surface area contributed by atoms with Crippen LogP contribution in [-0.4, -0.2) is 10.7 Å². The van der Waals surface area contributed by atoms with Gasteiger partial charge < -0.3 is 4.42 Å². The molecule has 0 unspecified atom stereocenters. The number of hydrazone groups is 1. The molecule has 1 aromatic carbocycles. The number of nitrogens with zero attached hydrogens (tertiary/aromatic N) is 4. The molecular weight excluding hydrogens is 254 g/mol. The molecule has 0 amide bonds. The fraction of sp³-hybridized carbons (Fsp3) is 0.286. The minimum Gasteiger partial charge on any atom is -0.441 e. The van der Waals surface area contributed by atoms with Crippen molar-refractivity contribution in [3.63, 3.8) is 0 Å². The van der Waals surface area contributed by atoms with E-state index in [1.807, 2.05) is 0 Å². The Balaban J connectivity index is 2.19. The second-order valence-corrected chi connectivity index (χ2v) is 4.19. The highest BCUT2D eigenvalue weighted by molar-refractivity contribution is 6.10. The number of unbranched alkanes of at least 4 members (excludes halogenated alkanes) is 1. The Hall–Kier alpha value is -2.86. The van der Waals surface area contributed by atoms with Crippen LogP contribution in [0.25, 0.3) is 11.1 Å². The molecule has 2 aromatic rings. The van der Waals surface area contributed by atoms with Crippen LogP contribution in [0.1, 0.15) is 25.7 Å². The third-order valence-corrected chi connectivity index (χ3v) is 2.68. The van der Waals surface area contributed by atoms with Crippen molar-refractivity contribution in [2.75, 3.05) is 5.43 Å². The lowest BCUT2D eigenvalue weighted by Gasteiger charge is -1.97. The molecule has 2 rings (SSSR count). The molecule has 1 N–H and O–H groups in total. The van der Waals surface area contributed by atoms with Gasteiger partial charge in [-0.3, -0.25) is 5.43 Å². The van der Waals surface area contributed by atoms with Gasteiger partial charge in [0.05, 0.1) is 5.69 Å². The molecule has 6 nitrogen and oxygen atoms in total. The van der Waals surface area contributed by atoms with E-state index in [1.54, 1.807) is 30.3 Å². The minimum absolute atomic E-state index is 0.228. The highest BCUT2D eigenvalue weighted by Gasteiger charge is 2.06. The Morgan fingerprint density at radius 3 is 2.90 bits per heavy atom. The second kappa shape index (κ2) is 6.35. The average Bonchev–Trinajstić information content (AvgIpc) is 2.88. The maximum atomic E-state index is 8.59. The van der Waals surface area contributed by atoms with Crippen molar-refractivity contribution in [3.8, 4) is 12.1 Å². The van der Waals surface area contributed by atoms with E-state index in [1.165, 1.54) is 0 Å². The van der Waals surface area contributed by atoms with E-state index in [0.29, 0.717) is 11.3 Å². The molecule has 0 aliphatic rings. The van der Waals surface area contributed by atoms with Crippen LogP contribution in [0, 0.1) is 22.7 Å². The van der Waals surface area contributed by atoms with Crippen molar-refractivity contribution in [1.82, 2.24) is 4.98 Å². The molecule has 0 aliphatic carbocycles. The lowest BCUT2D eigenvalue weighted by Crippen LogP contribution is -1.96. The first kappa shape index (κ1) is 13.6. The Bertz CT molecular complexity index is 701. The summed E-state index contributed by atoms with van der Waals surface area (Å²) in [6.07, 6.45) is 2.94. The maximum Gasteiger partial charge on any atom is 0.237 e. The summed E-state index contributed by atoms with van der Waals surface area (Å²) in [7, 11) is 0. The summed E-state index contributed by atoms with van der Waals surface area (Å²) in [5, 5.41) is 20.9. The fourth-order valence-electron chi connectivity index (χ4n) is 1.68. The standard InChI is InChI=1S/C14H13N5O/c1-2-3-4-14-17-12-7-10(5-6-13(12)20-14)18-19-11(8-15)9-16/h5-7,18H,2-4H2,1H3. The number of hydrogen-bond donors (Lipinski definition) is 1. The van der Waals surface area contributed by atoms with E-state index in [9.17, 15) is 0 Å². The summed E-state index contributed by atoms with van der Waals surface area (Å²) in [5.41, 5.74) is 4.52. The number of anilines is 1. The van der Waals surface area contributed by atoms with Gasteiger partial charge in [0.15, 0.2) is 11.5 Å². The van der Waals surface area contributed by atoms with Crippen LogP contribution < -0.4 is 5.43 Å². The molecular formula is C14H13N5O. The Kier molecular flexibility index (Phi) is 4.31. The first-order valence-electron chi connectivity index (χ1n) is 6.30. The molecule has 0 bridgehead atoms. The summed E-state index contributed by atoms with van der Waals surface area (Å²) < 4.78 is 5.61. The van der Waals surface area contributed by atoms with Gasteiger partial charge in [0.1, 0.15) is 17.7 Å². The zero-order valence-electron chi connectivity index (χ0n) is 11.1. The molecule has 1 heterocycles. The molecule has 20 heavy (non-hydrogen) atoms. The highest BCUT2D eigenvalue weighted by Crippen LogP contribution is 2.20. The van der Waals surface area contributed by atoms with Gasteiger partial charge in [-0.2, -0.15) is 15.6 Å². The predicted molar refractivity (Wildman–Crippen MR) is 74.9 cm³/mol. The predicted octanol–water partition coefficient (Wildman–Crippen LogP) is 2.99. The molecule has 0 saturated heterocycles. The molecule has 6 heteroatoms. The molecule has 0 aliphatic heterocycles. The number of aryl methyl sites for hydroxylation is 1. The summed E-state index contributed by atoms with van der Waals surface area (Å²) in [6.45, 7) is 2.12. The summed E-state index contributed by atoms with van der Waals surface area (Å²) in [4.78, 5) is 4.39. The SMILES string of the molecule is CCCCc1nc2cc(NN=C(C#N)C#N)ccc2o1. The molecule has 0 saturated carbocycles. The van der Waals surface area contributed by atoms with Crippen LogP contribution in [0.3, 0.4) is 0 Å². The first-order chi connectivity index (χ1) is 9.76. The van der Waals surface area contributed by atoms with Gasteiger partial charge in [0.2, 0.25) is 5.71 Å². The third kappa shape index (κ3) is 3.12. The second-order valence-electron chi connectivity index (χ2n) is 4.19. The van der Waals surface area contributed by atoms with Crippen LogP contribution >= 0.6 is 0 Å². The van der Waals surface area contributed by atoms with E-state index in [-0.39, 0.29) is 5.71 Å². The number of nitriles is 2. The minimum atomic E-state index is -0.228. The van der Waals surface area contributed by atoms with Crippen LogP contribution in [0.2, 0.25) is 0 Å². The lowest BCUT2D eigenvalue weighted by molar-refractivity contribution is 0.517.